The van der Waals surface area contributed by atoms with Gasteiger partial charge in [0.05, 0.1) is 6.61 Å². The molecule has 0 heterocycles. The molecule has 19 heavy (non-hydrogen) atoms. The quantitative estimate of drug-likeness (QED) is 0.773. The molecule has 0 fully saturated rings. The van der Waals surface area contributed by atoms with Crippen molar-refractivity contribution in [3.05, 3.63) is 28.2 Å². The molecular weight excluding hydrogens is 316 g/mol. The topological polar surface area (TPSA) is 87.7 Å². The van der Waals surface area contributed by atoms with Crippen LogP contribution >= 0.6 is 15.9 Å². The summed E-state index contributed by atoms with van der Waals surface area (Å²) in [5.74, 6) is -0.170. The molecule has 0 spiro atoms. The fraction of sp³-hybridized carbons (Fsp3) is 0.333. The van der Waals surface area contributed by atoms with Crippen LogP contribution in [0, 0.1) is 0 Å². The molecule has 0 saturated carbocycles. The van der Waals surface area contributed by atoms with Crippen molar-refractivity contribution < 1.29 is 19.4 Å². The van der Waals surface area contributed by atoms with Crippen LogP contribution in [0.4, 0.5) is 4.79 Å². The number of amides is 3. The number of nitrogens with one attached hydrogen (secondary N) is 2. The molecule has 0 radical (unpaired) electrons. The van der Waals surface area contributed by atoms with Gasteiger partial charge < -0.3 is 15.2 Å². The normalized spacial score (nSPS) is 11.6. The van der Waals surface area contributed by atoms with E-state index >= 15 is 0 Å². The minimum absolute atomic E-state index is 0.210. The van der Waals surface area contributed by atoms with Crippen LogP contribution in [0.3, 0.4) is 0 Å². The highest BCUT2D eigenvalue weighted by Gasteiger charge is 2.18. The fourth-order valence-electron chi connectivity index (χ4n) is 1.31. The lowest BCUT2D eigenvalue weighted by atomic mass is 10.2. The largest absolute Gasteiger partial charge is 0.481 e. The zero-order valence-corrected chi connectivity index (χ0v) is 12.2. The Balaban J connectivity index is 2.73. The van der Waals surface area contributed by atoms with Gasteiger partial charge in [-0.25, -0.2) is 4.79 Å². The SMILES string of the molecule is CNC(=O)NC(=O)C(C)Oc1ccc(Br)cc1CO. The molecule has 3 amide bonds. The molecule has 0 aliphatic heterocycles. The van der Waals surface area contributed by atoms with E-state index in [9.17, 15) is 14.7 Å². The van der Waals surface area contributed by atoms with E-state index in [1.165, 1.54) is 14.0 Å². The summed E-state index contributed by atoms with van der Waals surface area (Å²) < 4.78 is 6.22. The van der Waals surface area contributed by atoms with Crippen molar-refractivity contribution in [1.29, 1.82) is 0 Å². The third-order valence-electron chi connectivity index (χ3n) is 2.33. The Hall–Kier alpha value is -1.60. The van der Waals surface area contributed by atoms with Gasteiger partial charge in [-0.3, -0.25) is 10.1 Å². The Morgan fingerprint density at radius 3 is 2.74 bits per heavy atom. The summed E-state index contributed by atoms with van der Waals surface area (Å²) in [6.07, 6.45) is -0.858. The van der Waals surface area contributed by atoms with Gasteiger partial charge in [-0.15, -0.1) is 0 Å². The highest BCUT2D eigenvalue weighted by molar-refractivity contribution is 9.10. The molecule has 0 aliphatic carbocycles. The van der Waals surface area contributed by atoms with E-state index in [4.69, 9.17) is 4.74 Å². The Kier molecular flexibility index (Phi) is 5.78. The number of imide groups is 1. The number of carbonyl (C=O) groups excluding carboxylic acids is 2. The molecule has 1 atom stereocenters. The lowest BCUT2D eigenvalue weighted by Gasteiger charge is -2.16. The smallest absolute Gasteiger partial charge is 0.321 e. The van der Waals surface area contributed by atoms with E-state index in [2.05, 4.69) is 26.6 Å². The minimum Gasteiger partial charge on any atom is -0.481 e. The molecule has 104 valence electrons. The molecule has 1 aromatic carbocycles. The predicted molar refractivity (Wildman–Crippen MR) is 72.8 cm³/mol. The summed E-state index contributed by atoms with van der Waals surface area (Å²) >= 11 is 3.28. The fourth-order valence-corrected chi connectivity index (χ4v) is 1.72. The van der Waals surface area contributed by atoms with Crippen LogP contribution in [0.2, 0.25) is 0 Å². The van der Waals surface area contributed by atoms with Crippen LogP contribution in [0.25, 0.3) is 0 Å². The van der Waals surface area contributed by atoms with Gasteiger partial charge in [0, 0.05) is 17.1 Å². The van der Waals surface area contributed by atoms with Crippen molar-refractivity contribution in [3.8, 4) is 5.75 Å². The predicted octanol–water partition coefficient (Wildman–Crippen LogP) is 1.16. The Morgan fingerprint density at radius 1 is 1.47 bits per heavy atom. The number of benzene rings is 1. The highest BCUT2D eigenvalue weighted by Crippen LogP contribution is 2.24. The van der Waals surface area contributed by atoms with Crippen LogP contribution in [-0.4, -0.2) is 30.2 Å². The van der Waals surface area contributed by atoms with Gasteiger partial charge in [-0.2, -0.15) is 0 Å². The van der Waals surface area contributed by atoms with E-state index in [1.807, 2.05) is 0 Å². The number of hydrogen-bond acceptors (Lipinski definition) is 4. The van der Waals surface area contributed by atoms with Gasteiger partial charge in [-0.1, -0.05) is 15.9 Å². The molecule has 0 bridgehead atoms. The lowest BCUT2D eigenvalue weighted by Crippen LogP contribution is -2.44. The van der Waals surface area contributed by atoms with E-state index in [0.717, 1.165) is 4.47 Å². The van der Waals surface area contributed by atoms with E-state index in [0.29, 0.717) is 11.3 Å². The average molecular weight is 331 g/mol. The summed E-state index contributed by atoms with van der Waals surface area (Å²) in [4.78, 5) is 22.6. The summed E-state index contributed by atoms with van der Waals surface area (Å²) in [6, 6.07) is 4.47. The first-order valence-electron chi connectivity index (χ1n) is 5.56. The molecule has 0 aliphatic rings. The highest BCUT2D eigenvalue weighted by atomic mass is 79.9. The molecule has 6 nitrogen and oxygen atoms in total. The zero-order chi connectivity index (χ0) is 14.4. The number of ether oxygens (including phenoxy) is 1. The molecule has 1 unspecified atom stereocenters. The van der Waals surface area contributed by atoms with Crippen molar-refractivity contribution in [1.82, 2.24) is 10.6 Å². The molecule has 1 aromatic rings. The van der Waals surface area contributed by atoms with Gasteiger partial charge in [0.2, 0.25) is 0 Å². The lowest BCUT2D eigenvalue weighted by molar-refractivity contribution is -0.126. The summed E-state index contributed by atoms with van der Waals surface area (Å²) in [7, 11) is 1.41. The van der Waals surface area contributed by atoms with Crippen LogP contribution < -0.4 is 15.4 Å². The van der Waals surface area contributed by atoms with Crippen LogP contribution in [0.15, 0.2) is 22.7 Å². The van der Waals surface area contributed by atoms with E-state index < -0.39 is 18.0 Å². The van der Waals surface area contributed by atoms with Gasteiger partial charge in [0.25, 0.3) is 5.91 Å². The summed E-state index contributed by atoms with van der Waals surface area (Å²) in [5.41, 5.74) is 0.550. The average Bonchev–Trinajstić information content (AvgIpc) is 2.40. The van der Waals surface area contributed by atoms with Crippen LogP contribution in [0.5, 0.6) is 5.75 Å². The molecule has 0 saturated heterocycles. The molecule has 0 aromatic heterocycles. The van der Waals surface area contributed by atoms with Gasteiger partial charge in [0.1, 0.15) is 5.75 Å². The van der Waals surface area contributed by atoms with E-state index in [1.54, 1.807) is 18.2 Å². The van der Waals surface area contributed by atoms with Gasteiger partial charge >= 0.3 is 6.03 Å². The third kappa shape index (κ3) is 4.53. The van der Waals surface area contributed by atoms with Crippen LogP contribution in [0.1, 0.15) is 12.5 Å². The standard InChI is InChI=1S/C12H15BrN2O4/c1-7(11(17)15-12(18)14-2)19-10-4-3-9(13)5-8(10)6-16/h3-5,7,16H,6H2,1-2H3,(H2,14,15,17,18). The maximum absolute atomic E-state index is 11.6. The van der Waals surface area contributed by atoms with Crippen LogP contribution in [-0.2, 0) is 11.4 Å². The van der Waals surface area contributed by atoms with Gasteiger partial charge in [-0.05, 0) is 25.1 Å². The summed E-state index contributed by atoms with van der Waals surface area (Å²) in [6.45, 7) is 1.31. The number of aliphatic hydroxyl groups excluding tert-OH is 1. The van der Waals surface area contributed by atoms with E-state index in [-0.39, 0.29) is 6.61 Å². The molecule has 1 rings (SSSR count). The summed E-state index contributed by atoms with van der Waals surface area (Å²) in [5, 5.41) is 13.6. The number of rotatable bonds is 4. The van der Waals surface area contributed by atoms with Crippen molar-refractivity contribution in [2.75, 3.05) is 7.05 Å². The third-order valence-corrected chi connectivity index (χ3v) is 2.82. The Labute approximate surface area is 119 Å². The monoisotopic (exact) mass is 330 g/mol. The Morgan fingerprint density at radius 2 is 2.16 bits per heavy atom. The number of urea groups is 1. The second-order valence-electron chi connectivity index (χ2n) is 3.74. The second kappa shape index (κ2) is 7.10. The molecule has 3 N–H and O–H groups in total. The van der Waals surface area contributed by atoms with Crippen molar-refractivity contribution in [2.24, 2.45) is 0 Å². The Bertz CT molecular complexity index is 479. The van der Waals surface area contributed by atoms with Crippen molar-refractivity contribution >= 4 is 27.9 Å². The van der Waals surface area contributed by atoms with Crippen molar-refractivity contribution in [2.45, 2.75) is 19.6 Å². The first-order chi connectivity index (χ1) is 8.97. The van der Waals surface area contributed by atoms with Crippen molar-refractivity contribution in [3.63, 3.8) is 0 Å². The first-order valence-corrected chi connectivity index (χ1v) is 6.35. The number of carbonyl (C=O) groups is 2. The molecular formula is C12H15BrN2O4. The first kappa shape index (κ1) is 15.5. The number of halogens is 1. The minimum atomic E-state index is -0.858. The molecule has 7 heteroatoms. The number of aliphatic hydroxyl groups is 1. The zero-order valence-electron chi connectivity index (χ0n) is 10.6. The maximum Gasteiger partial charge on any atom is 0.321 e. The number of hydrogen-bond donors (Lipinski definition) is 3. The second-order valence-corrected chi connectivity index (χ2v) is 4.65. The van der Waals surface area contributed by atoms with Gasteiger partial charge in [0.15, 0.2) is 6.10 Å². The maximum atomic E-state index is 11.6.